The summed E-state index contributed by atoms with van der Waals surface area (Å²) in [5.74, 6) is 0.447. The minimum absolute atomic E-state index is 0.0286. The molecule has 0 heterocycles. The zero-order chi connectivity index (χ0) is 10.6. The molecule has 3 nitrogen and oxygen atoms in total. The van der Waals surface area contributed by atoms with E-state index in [1.165, 1.54) is 7.11 Å². The van der Waals surface area contributed by atoms with Crippen molar-refractivity contribution >= 4 is 11.8 Å². The molecule has 1 saturated carbocycles. The van der Waals surface area contributed by atoms with Crippen molar-refractivity contribution in [3.8, 4) is 0 Å². The zero-order valence-corrected chi connectivity index (χ0v) is 8.91. The van der Waals surface area contributed by atoms with Gasteiger partial charge < -0.3 is 4.74 Å². The molecule has 0 amide bonds. The highest BCUT2D eigenvalue weighted by atomic mass is 16.5. The summed E-state index contributed by atoms with van der Waals surface area (Å²) in [6.45, 7) is 1.90. The molecule has 1 aliphatic carbocycles. The molecule has 0 aliphatic heterocycles. The van der Waals surface area contributed by atoms with E-state index < -0.39 is 0 Å². The van der Waals surface area contributed by atoms with Gasteiger partial charge in [-0.25, -0.2) is 0 Å². The van der Waals surface area contributed by atoms with Crippen molar-refractivity contribution in [2.75, 3.05) is 7.11 Å². The maximum absolute atomic E-state index is 11.4. The van der Waals surface area contributed by atoms with Gasteiger partial charge in [-0.1, -0.05) is 6.92 Å². The van der Waals surface area contributed by atoms with Crippen LogP contribution in [0.25, 0.3) is 0 Å². The summed E-state index contributed by atoms with van der Waals surface area (Å²) in [4.78, 5) is 22.6. The van der Waals surface area contributed by atoms with Crippen LogP contribution >= 0.6 is 0 Å². The maximum Gasteiger partial charge on any atom is 0.308 e. The van der Waals surface area contributed by atoms with E-state index in [0.29, 0.717) is 12.2 Å². The average Bonchev–Trinajstić information content (AvgIpc) is 2.27. The molecule has 0 atom stereocenters. The summed E-state index contributed by atoms with van der Waals surface area (Å²) in [6, 6.07) is 0. The van der Waals surface area contributed by atoms with Gasteiger partial charge in [0.2, 0.25) is 0 Å². The Bertz CT molecular complexity index is 191. The molecule has 0 aromatic heterocycles. The second-order valence-corrected chi connectivity index (χ2v) is 3.89. The lowest BCUT2D eigenvalue weighted by Crippen LogP contribution is -2.26. The van der Waals surface area contributed by atoms with Crippen LogP contribution in [-0.4, -0.2) is 18.9 Å². The molecular formula is C11H18O3. The first-order valence-corrected chi connectivity index (χ1v) is 5.29. The van der Waals surface area contributed by atoms with Crippen LogP contribution in [0.4, 0.5) is 0 Å². The minimum Gasteiger partial charge on any atom is -0.469 e. The molecule has 3 heteroatoms. The number of hydrogen-bond acceptors (Lipinski definition) is 3. The molecule has 1 fully saturated rings. The van der Waals surface area contributed by atoms with Crippen molar-refractivity contribution < 1.29 is 14.3 Å². The third-order valence-electron chi connectivity index (χ3n) is 3.07. The molecule has 0 saturated heterocycles. The summed E-state index contributed by atoms with van der Waals surface area (Å²) in [5.41, 5.74) is 0. The van der Waals surface area contributed by atoms with Gasteiger partial charge in [-0.2, -0.15) is 0 Å². The number of esters is 1. The predicted molar refractivity (Wildman–Crippen MR) is 52.8 cm³/mol. The third kappa shape index (κ3) is 2.56. The summed E-state index contributed by atoms with van der Waals surface area (Å²) < 4.78 is 4.69. The minimum atomic E-state index is -0.118. The van der Waals surface area contributed by atoms with Gasteiger partial charge >= 0.3 is 5.97 Å². The van der Waals surface area contributed by atoms with Crippen molar-refractivity contribution in [3.63, 3.8) is 0 Å². The van der Waals surface area contributed by atoms with E-state index >= 15 is 0 Å². The number of carbonyl (C=O) groups excluding carboxylic acids is 2. The topological polar surface area (TPSA) is 43.4 Å². The van der Waals surface area contributed by atoms with Gasteiger partial charge in [-0.05, 0) is 25.7 Å². The van der Waals surface area contributed by atoms with Crippen LogP contribution < -0.4 is 0 Å². The molecule has 0 N–H and O–H groups in total. The Balaban J connectivity index is 2.38. The van der Waals surface area contributed by atoms with E-state index in [4.69, 9.17) is 0 Å². The van der Waals surface area contributed by atoms with Crippen LogP contribution in [-0.2, 0) is 14.3 Å². The summed E-state index contributed by atoms with van der Waals surface area (Å²) in [7, 11) is 1.42. The first kappa shape index (κ1) is 11.2. The summed E-state index contributed by atoms with van der Waals surface area (Å²) in [6.07, 6.45) is 3.94. The predicted octanol–water partition coefficient (Wildman–Crippen LogP) is 1.94. The van der Waals surface area contributed by atoms with Crippen molar-refractivity contribution in [2.45, 2.75) is 39.0 Å². The molecule has 1 rings (SSSR count). The monoisotopic (exact) mass is 198 g/mol. The fraction of sp³-hybridized carbons (Fsp3) is 0.818. The lowest BCUT2D eigenvalue weighted by molar-refractivity contribution is -0.147. The molecule has 14 heavy (non-hydrogen) atoms. The molecule has 0 aromatic carbocycles. The quantitative estimate of drug-likeness (QED) is 0.651. The standard InChI is InChI=1S/C11H18O3/c1-3-10(12)8-4-6-9(7-5-8)11(13)14-2/h8-9H,3-7H2,1-2H3. The Morgan fingerprint density at radius 1 is 1.14 bits per heavy atom. The Hall–Kier alpha value is -0.860. The van der Waals surface area contributed by atoms with Crippen molar-refractivity contribution in [2.24, 2.45) is 11.8 Å². The number of carbonyl (C=O) groups is 2. The van der Waals surface area contributed by atoms with E-state index in [2.05, 4.69) is 4.74 Å². The Kier molecular flexibility index (Phi) is 4.11. The van der Waals surface area contributed by atoms with E-state index in [0.717, 1.165) is 25.7 Å². The molecule has 0 aromatic rings. The second-order valence-electron chi connectivity index (χ2n) is 3.89. The van der Waals surface area contributed by atoms with Crippen molar-refractivity contribution in [1.82, 2.24) is 0 Å². The number of hydrogen-bond donors (Lipinski definition) is 0. The number of ether oxygens (including phenoxy) is 1. The molecule has 0 unspecified atom stereocenters. The summed E-state index contributed by atoms with van der Waals surface area (Å²) >= 11 is 0. The van der Waals surface area contributed by atoms with Gasteiger partial charge in [-0.3, -0.25) is 9.59 Å². The Morgan fingerprint density at radius 3 is 2.07 bits per heavy atom. The lowest BCUT2D eigenvalue weighted by atomic mass is 9.79. The third-order valence-corrected chi connectivity index (χ3v) is 3.07. The molecular weight excluding hydrogens is 180 g/mol. The molecule has 0 bridgehead atoms. The van der Waals surface area contributed by atoms with Gasteiger partial charge in [0.15, 0.2) is 0 Å². The first-order chi connectivity index (χ1) is 6.69. The molecule has 80 valence electrons. The second kappa shape index (κ2) is 5.13. The van der Waals surface area contributed by atoms with Crippen LogP contribution in [0.2, 0.25) is 0 Å². The Morgan fingerprint density at radius 2 is 1.64 bits per heavy atom. The SMILES string of the molecule is CCC(=O)C1CCC(C(=O)OC)CC1. The van der Waals surface area contributed by atoms with Crippen molar-refractivity contribution in [1.29, 1.82) is 0 Å². The maximum atomic E-state index is 11.4. The summed E-state index contributed by atoms with van der Waals surface area (Å²) in [5, 5.41) is 0. The fourth-order valence-corrected chi connectivity index (χ4v) is 2.11. The highest BCUT2D eigenvalue weighted by molar-refractivity contribution is 5.81. The van der Waals surface area contributed by atoms with Gasteiger partial charge in [0.25, 0.3) is 0 Å². The number of Topliss-reactive ketones (excluding diaryl/α,β-unsaturated/α-hetero) is 1. The highest BCUT2D eigenvalue weighted by Crippen LogP contribution is 2.30. The smallest absolute Gasteiger partial charge is 0.308 e. The highest BCUT2D eigenvalue weighted by Gasteiger charge is 2.29. The van der Waals surface area contributed by atoms with Crippen LogP contribution in [0.3, 0.4) is 0 Å². The molecule has 0 radical (unpaired) electrons. The van der Waals surface area contributed by atoms with Crippen LogP contribution in [0.1, 0.15) is 39.0 Å². The van der Waals surface area contributed by atoms with Gasteiger partial charge in [-0.15, -0.1) is 0 Å². The van der Waals surface area contributed by atoms with Gasteiger partial charge in [0.05, 0.1) is 13.0 Å². The number of methoxy groups -OCH3 is 1. The van der Waals surface area contributed by atoms with Crippen molar-refractivity contribution in [3.05, 3.63) is 0 Å². The molecule has 1 aliphatic rings. The largest absolute Gasteiger partial charge is 0.469 e. The molecule has 0 spiro atoms. The zero-order valence-electron chi connectivity index (χ0n) is 8.91. The van der Waals surface area contributed by atoms with Crippen LogP contribution in [0.5, 0.6) is 0 Å². The van der Waals surface area contributed by atoms with E-state index in [1.54, 1.807) is 0 Å². The van der Waals surface area contributed by atoms with Crippen LogP contribution in [0, 0.1) is 11.8 Å². The van der Waals surface area contributed by atoms with E-state index in [-0.39, 0.29) is 17.8 Å². The fourth-order valence-electron chi connectivity index (χ4n) is 2.11. The number of rotatable bonds is 3. The van der Waals surface area contributed by atoms with Crippen LogP contribution in [0.15, 0.2) is 0 Å². The van der Waals surface area contributed by atoms with Gasteiger partial charge in [0, 0.05) is 12.3 Å². The normalized spacial score (nSPS) is 27.0. The van der Waals surface area contributed by atoms with E-state index in [1.807, 2.05) is 6.92 Å². The Labute approximate surface area is 84.8 Å². The van der Waals surface area contributed by atoms with Gasteiger partial charge in [0.1, 0.15) is 5.78 Å². The first-order valence-electron chi connectivity index (χ1n) is 5.29. The lowest BCUT2D eigenvalue weighted by Gasteiger charge is -2.25. The average molecular weight is 198 g/mol. The van der Waals surface area contributed by atoms with E-state index in [9.17, 15) is 9.59 Å². The number of ketones is 1.